The molecule has 0 bridgehead atoms. The molecule has 26 heavy (non-hydrogen) atoms. The predicted molar refractivity (Wildman–Crippen MR) is 97.4 cm³/mol. The fourth-order valence-corrected chi connectivity index (χ4v) is 2.93. The SMILES string of the molecule is COC(=O)C(Cc1ccccc1)NC(=O)C1CN1CCc1ccccn1. The second kappa shape index (κ2) is 8.58. The van der Waals surface area contributed by atoms with E-state index in [1.807, 2.05) is 48.5 Å². The Morgan fingerprint density at radius 2 is 2.00 bits per heavy atom. The molecule has 6 heteroatoms. The molecule has 1 aromatic heterocycles. The number of amides is 1. The molecule has 6 nitrogen and oxygen atoms in total. The quantitative estimate of drug-likeness (QED) is 0.571. The average molecular weight is 353 g/mol. The van der Waals surface area contributed by atoms with E-state index in [1.165, 1.54) is 7.11 Å². The van der Waals surface area contributed by atoms with Gasteiger partial charge in [0.15, 0.2) is 0 Å². The summed E-state index contributed by atoms with van der Waals surface area (Å²) < 4.78 is 4.84. The van der Waals surface area contributed by atoms with E-state index >= 15 is 0 Å². The molecule has 2 heterocycles. The molecular weight excluding hydrogens is 330 g/mol. The van der Waals surface area contributed by atoms with Crippen molar-refractivity contribution in [2.45, 2.75) is 24.9 Å². The molecule has 1 aromatic carbocycles. The second-order valence-corrected chi connectivity index (χ2v) is 6.36. The molecule has 0 saturated carbocycles. The van der Waals surface area contributed by atoms with Crippen LogP contribution < -0.4 is 5.32 Å². The Hall–Kier alpha value is -2.73. The molecule has 3 atom stereocenters. The number of methoxy groups -OCH3 is 1. The van der Waals surface area contributed by atoms with E-state index in [1.54, 1.807) is 6.20 Å². The summed E-state index contributed by atoms with van der Waals surface area (Å²) in [6.07, 6.45) is 2.99. The molecule has 2 aromatic rings. The van der Waals surface area contributed by atoms with Crippen LogP contribution in [0, 0.1) is 0 Å². The first kappa shape index (κ1) is 18.1. The molecule has 1 fully saturated rings. The molecular formula is C20H23N3O3. The minimum absolute atomic E-state index is 0.127. The molecule has 3 unspecified atom stereocenters. The normalized spacial score (nSPS) is 19.4. The number of hydrogen-bond donors (Lipinski definition) is 1. The van der Waals surface area contributed by atoms with Crippen molar-refractivity contribution >= 4 is 11.9 Å². The van der Waals surface area contributed by atoms with Gasteiger partial charge in [-0.25, -0.2) is 4.79 Å². The lowest BCUT2D eigenvalue weighted by Gasteiger charge is -2.16. The highest BCUT2D eigenvalue weighted by atomic mass is 16.5. The lowest BCUT2D eigenvalue weighted by Crippen LogP contribution is -2.45. The standard InChI is InChI=1S/C20H23N3O3/c1-26-20(25)17(13-15-7-3-2-4-8-15)22-19(24)18-14-23(18)12-10-16-9-5-6-11-21-16/h2-9,11,17-18H,10,12-14H2,1H3,(H,22,24). The lowest BCUT2D eigenvalue weighted by molar-refractivity contribution is -0.145. The number of pyridine rings is 1. The summed E-state index contributed by atoms with van der Waals surface area (Å²) in [6, 6.07) is 14.6. The van der Waals surface area contributed by atoms with Gasteiger partial charge in [0.25, 0.3) is 0 Å². The third-order valence-corrected chi connectivity index (χ3v) is 4.48. The van der Waals surface area contributed by atoms with Gasteiger partial charge in [-0.05, 0) is 17.7 Å². The summed E-state index contributed by atoms with van der Waals surface area (Å²) in [5.41, 5.74) is 1.99. The smallest absolute Gasteiger partial charge is 0.328 e. The number of ether oxygens (including phenoxy) is 1. The van der Waals surface area contributed by atoms with Crippen molar-refractivity contribution in [3.63, 3.8) is 0 Å². The van der Waals surface area contributed by atoms with Crippen LogP contribution in [0.15, 0.2) is 54.7 Å². The zero-order valence-corrected chi connectivity index (χ0v) is 14.8. The Kier molecular flexibility index (Phi) is 5.96. The number of benzene rings is 1. The molecule has 1 amide bonds. The van der Waals surface area contributed by atoms with E-state index in [2.05, 4.69) is 15.2 Å². The molecule has 136 valence electrons. The number of nitrogens with zero attached hydrogens (tertiary/aromatic N) is 2. The van der Waals surface area contributed by atoms with Gasteiger partial charge in [0.1, 0.15) is 12.1 Å². The van der Waals surface area contributed by atoms with Crippen LogP contribution in [0.4, 0.5) is 0 Å². The summed E-state index contributed by atoms with van der Waals surface area (Å²) in [7, 11) is 1.34. The Bertz CT molecular complexity index is 736. The molecule has 1 N–H and O–H groups in total. The number of nitrogens with one attached hydrogen (secondary N) is 1. The van der Waals surface area contributed by atoms with E-state index in [0.29, 0.717) is 13.0 Å². The first-order valence-corrected chi connectivity index (χ1v) is 8.73. The van der Waals surface area contributed by atoms with Crippen molar-refractivity contribution in [3.05, 3.63) is 66.0 Å². The highest BCUT2D eigenvalue weighted by Gasteiger charge is 2.41. The summed E-state index contributed by atoms with van der Waals surface area (Å²) in [4.78, 5) is 30.9. The van der Waals surface area contributed by atoms with Crippen LogP contribution in [-0.4, -0.2) is 54.0 Å². The van der Waals surface area contributed by atoms with Gasteiger partial charge >= 0.3 is 5.97 Å². The van der Waals surface area contributed by atoms with Crippen molar-refractivity contribution in [1.82, 2.24) is 15.2 Å². The van der Waals surface area contributed by atoms with Crippen molar-refractivity contribution in [2.24, 2.45) is 0 Å². The van der Waals surface area contributed by atoms with Crippen LogP contribution in [0.25, 0.3) is 0 Å². The molecule has 0 spiro atoms. The average Bonchev–Trinajstić information content (AvgIpc) is 3.47. The van der Waals surface area contributed by atoms with Crippen LogP contribution in [0.5, 0.6) is 0 Å². The molecule has 3 rings (SSSR count). The summed E-state index contributed by atoms with van der Waals surface area (Å²) in [5, 5.41) is 2.84. The van der Waals surface area contributed by atoms with Crippen LogP contribution in [0.2, 0.25) is 0 Å². The number of esters is 1. The fraction of sp³-hybridized carbons (Fsp3) is 0.350. The first-order valence-electron chi connectivity index (χ1n) is 8.73. The van der Waals surface area contributed by atoms with Crippen LogP contribution in [0.1, 0.15) is 11.3 Å². The predicted octanol–water partition coefficient (Wildman–Crippen LogP) is 1.21. The van der Waals surface area contributed by atoms with Gasteiger partial charge in [-0.15, -0.1) is 0 Å². The summed E-state index contributed by atoms with van der Waals surface area (Å²) >= 11 is 0. The number of carbonyl (C=O) groups excluding carboxylic acids is 2. The molecule has 0 radical (unpaired) electrons. The van der Waals surface area contributed by atoms with Crippen LogP contribution in [0.3, 0.4) is 0 Å². The van der Waals surface area contributed by atoms with E-state index < -0.39 is 12.0 Å². The van der Waals surface area contributed by atoms with E-state index in [-0.39, 0.29) is 11.9 Å². The highest BCUT2D eigenvalue weighted by Crippen LogP contribution is 2.18. The zero-order chi connectivity index (χ0) is 18.4. The number of aromatic nitrogens is 1. The molecule has 1 aliphatic heterocycles. The summed E-state index contributed by atoms with van der Waals surface area (Å²) in [6.45, 7) is 1.48. The molecule has 0 aliphatic carbocycles. The highest BCUT2D eigenvalue weighted by molar-refractivity contribution is 5.89. The second-order valence-electron chi connectivity index (χ2n) is 6.36. The van der Waals surface area contributed by atoms with E-state index in [9.17, 15) is 9.59 Å². The Morgan fingerprint density at radius 3 is 2.69 bits per heavy atom. The van der Waals surface area contributed by atoms with Gasteiger partial charge < -0.3 is 10.1 Å². The topological polar surface area (TPSA) is 71.3 Å². The van der Waals surface area contributed by atoms with Gasteiger partial charge in [0.2, 0.25) is 5.91 Å². The third-order valence-electron chi connectivity index (χ3n) is 4.48. The van der Waals surface area contributed by atoms with Crippen molar-refractivity contribution in [2.75, 3.05) is 20.2 Å². The Labute approximate surface area is 153 Å². The minimum Gasteiger partial charge on any atom is -0.467 e. The number of carbonyl (C=O) groups is 2. The van der Waals surface area contributed by atoms with Crippen molar-refractivity contribution in [1.29, 1.82) is 0 Å². The fourth-order valence-electron chi connectivity index (χ4n) is 2.93. The van der Waals surface area contributed by atoms with Crippen molar-refractivity contribution in [3.8, 4) is 0 Å². The maximum absolute atomic E-state index is 12.5. The zero-order valence-electron chi connectivity index (χ0n) is 14.8. The van der Waals surface area contributed by atoms with Gasteiger partial charge in [0.05, 0.1) is 7.11 Å². The monoisotopic (exact) mass is 353 g/mol. The van der Waals surface area contributed by atoms with Gasteiger partial charge in [0, 0.05) is 37.8 Å². The first-order chi connectivity index (χ1) is 12.7. The summed E-state index contributed by atoms with van der Waals surface area (Å²) in [5.74, 6) is -0.555. The molecule has 1 saturated heterocycles. The number of hydrogen-bond acceptors (Lipinski definition) is 5. The van der Waals surface area contributed by atoms with Crippen LogP contribution >= 0.6 is 0 Å². The lowest BCUT2D eigenvalue weighted by atomic mass is 10.1. The largest absolute Gasteiger partial charge is 0.467 e. The Morgan fingerprint density at radius 1 is 1.23 bits per heavy atom. The maximum atomic E-state index is 12.5. The van der Waals surface area contributed by atoms with E-state index in [4.69, 9.17) is 4.74 Å². The van der Waals surface area contributed by atoms with Crippen molar-refractivity contribution < 1.29 is 14.3 Å². The van der Waals surface area contributed by atoms with Gasteiger partial charge in [-0.1, -0.05) is 36.4 Å². The van der Waals surface area contributed by atoms with Gasteiger partial charge in [-0.2, -0.15) is 0 Å². The van der Waals surface area contributed by atoms with Gasteiger partial charge in [-0.3, -0.25) is 14.7 Å². The minimum atomic E-state index is -0.673. The maximum Gasteiger partial charge on any atom is 0.328 e. The molecule has 1 aliphatic rings. The third kappa shape index (κ3) is 4.89. The van der Waals surface area contributed by atoms with E-state index in [0.717, 1.165) is 24.2 Å². The Balaban J connectivity index is 1.51. The number of rotatable bonds is 8. The van der Waals surface area contributed by atoms with Crippen LogP contribution in [-0.2, 0) is 27.2 Å².